The Morgan fingerprint density at radius 3 is 2.92 bits per heavy atom. The van der Waals surface area contributed by atoms with Gasteiger partial charge in [-0.3, -0.25) is 16.9 Å². The minimum atomic E-state index is -0.579. The third-order valence-corrected chi connectivity index (χ3v) is 1.50. The van der Waals surface area contributed by atoms with Crippen molar-refractivity contribution in [3.63, 3.8) is 0 Å². The molecule has 1 aliphatic rings. The largest absolute Gasteiger partial charge is 0.298 e. The molecule has 0 amide bonds. The summed E-state index contributed by atoms with van der Waals surface area (Å²) in [7, 11) is 0. The zero-order valence-electron chi connectivity index (χ0n) is 6.85. The van der Waals surface area contributed by atoms with Crippen molar-refractivity contribution in [2.45, 2.75) is 12.7 Å². The van der Waals surface area contributed by atoms with Gasteiger partial charge in [-0.1, -0.05) is 24.3 Å². The first-order valence-electron chi connectivity index (χ1n) is 3.92. The summed E-state index contributed by atoms with van der Waals surface area (Å²) >= 11 is 0. The van der Waals surface area contributed by atoms with Gasteiger partial charge in [0.2, 0.25) is 0 Å². The zero-order valence-corrected chi connectivity index (χ0v) is 6.85. The third kappa shape index (κ3) is 3.32. The molecule has 1 rings (SSSR count). The molecule has 0 aliphatic heterocycles. The van der Waals surface area contributed by atoms with E-state index in [4.69, 9.17) is 11.5 Å². The van der Waals surface area contributed by atoms with Crippen molar-refractivity contribution in [2.24, 2.45) is 22.5 Å². The summed E-state index contributed by atoms with van der Waals surface area (Å²) in [4.78, 5) is 0. The molecular weight excluding hydrogens is 152 g/mol. The Balaban J connectivity index is 2.26. The second-order valence-electron chi connectivity index (χ2n) is 2.65. The molecule has 0 radical (unpaired) electrons. The lowest BCUT2D eigenvalue weighted by Crippen LogP contribution is -2.42. The molecule has 0 fully saturated rings. The van der Waals surface area contributed by atoms with Crippen LogP contribution in [0.25, 0.3) is 0 Å². The van der Waals surface area contributed by atoms with Crippen molar-refractivity contribution in [1.29, 1.82) is 0 Å². The standard InChI is InChI=1S/C8H14N4/c9-8(10)12-11-6-7-4-2-1-3-5-7/h1-4,6-8,12H,5,9-10H2/t7-/m1/s1. The van der Waals surface area contributed by atoms with E-state index in [-0.39, 0.29) is 0 Å². The maximum atomic E-state index is 5.23. The predicted octanol–water partition coefficient (Wildman–Crippen LogP) is -0.105. The summed E-state index contributed by atoms with van der Waals surface area (Å²) < 4.78 is 0. The van der Waals surface area contributed by atoms with Gasteiger partial charge in [0.1, 0.15) is 6.29 Å². The first-order valence-corrected chi connectivity index (χ1v) is 3.92. The van der Waals surface area contributed by atoms with Crippen molar-refractivity contribution in [1.82, 2.24) is 5.43 Å². The number of nitrogens with two attached hydrogens (primary N) is 2. The molecule has 0 aromatic heterocycles. The van der Waals surface area contributed by atoms with E-state index in [0.29, 0.717) is 5.92 Å². The summed E-state index contributed by atoms with van der Waals surface area (Å²) in [5.74, 6) is 0.362. The van der Waals surface area contributed by atoms with Gasteiger partial charge < -0.3 is 0 Å². The van der Waals surface area contributed by atoms with Gasteiger partial charge in [-0.25, -0.2) is 0 Å². The molecule has 0 spiro atoms. The Morgan fingerprint density at radius 1 is 1.50 bits per heavy atom. The summed E-state index contributed by atoms with van der Waals surface area (Å²) in [5, 5.41) is 3.88. The number of rotatable bonds is 3. The van der Waals surface area contributed by atoms with E-state index in [1.807, 2.05) is 12.2 Å². The summed E-state index contributed by atoms with van der Waals surface area (Å²) in [6.07, 6.45) is 10.4. The van der Waals surface area contributed by atoms with E-state index in [0.717, 1.165) is 6.42 Å². The van der Waals surface area contributed by atoms with Gasteiger partial charge >= 0.3 is 0 Å². The van der Waals surface area contributed by atoms with Gasteiger partial charge in [-0.15, -0.1) is 0 Å². The van der Waals surface area contributed by atoms with Crippen LogP contribution in [0.1, 0.15) is 6.42 Å². The van der Waals surface area contributed by atoms with Gasteiger partial charge in [-0.05, 0) is 6.42 Å². The average molecular weight is 166 g/mol. The van der Waals surface area contributed by atoms with Crippen molar-refractivity contribution >= 4 is 6.21 Å². The smallest absolute Gasteiger partial charge is 0.142 e. The van der Waals surface area contributed by atoms with E-state index >= 15 is 0 Å². The van der Waals surface area contributed by atoms with Crippen LogP contribution in [0.15, 0.2) is 29.4 Å². The molecule has 0 aromatic rings. The molecule has 0 unspecified atom stereocenters. The van der Waals surface area contributed by atoms with Crippen LogP contribution in [0.3, 0.4) is 0 Å². The van der Waals surface area contributed by atoms with Crippen LogP contribution in [0, 0.1) is 5.92 Å². The molecule has 0 heterocycles. The lowest BCUT2D eigenvalue weighted by atomic mass is 10.0. The van der Waals surface area contributed by atoms with Crippen LogP contribution in [-0.4, -0.2) is 12.5 Å². The van der Waals surface area contributed by atoms with E-state index in [1.54, 1.807) is 6.21 Å². The SMILES string of the molecule is NC(N)NN=C[C@@H]1C=CC=CC1. The Hall–Kier alpha value is -1.13. The summed E-state index contributed by atoms with van der Waals surface area (Å²) in [5.41, 5.74) is 13.0. The third-order valence-electron chi connectivity index (χ3n) is 1.50. The molecule has 4 nitrogen and oxygen atoms in total. The fraction of sp³-hybridized carbons (Fsp3) is 0.375. The molecule has 1 atom stereocenters. The number of hydrogen-bond acceptors (Lipinski definition) is 4. The second-order valence-corrected chi connectivity index (χ2v) is 2.65. The maximum absolute atomic E-state index is 5.23. The minimum Gasteiger partial charge on any atom is -0.298 e. The van der Waals surface area contributed by atoms with Crippen LogP contribution in [0.4, 0.5) is 0 Å². The van der Waals surface area contributed by atoms with E-state index in [2.05, 4.69) is 22.7 Å². The van der Waals surface area contributed by atoms with Crippen molar-refractivity contribution in [2.75, 3.05) is 0 Å². The molecular formula is C8H14N4. The fourth-order valence-corrected chi connectivity index (χ4v) is 0.935. The van der Waals surface area contributed by atoms with Crippen LogP contribution in [0.2, 0.25) is 0 Å². The second kappa shape index (κ2) is 4.69. The number of hydrogen-bond donors (Lipinski definition) is 3. The lowest BCUT2D eigenvalue weighted by Gasteiger charge is -2.07. The Bertz CT molecular complexity index is 205. The molecule has 0 bridgehead atoms. The lowest BCUT2D eigenvalue weighted by molar-refractivity contribution is 0.569. The van der Waals surface area contributed by atoms with Crippen LogP contribution in [0.5, 0.6) is 0 Å². The van der Waals surface area contributed by atoms with Crippen LogP contribution >= 0.6 is 0 Å². The van der Waals surface area contributed by atoms with Crippen LogP contribution < -0.4 is 16.9 Å². The normalized spacial score (nSPS) is 22.4. The summed E-state index contributed by atoms with van der Waals surface area (Å²) in [6.45, 7) is 0. The molecule has 0 aromatic carbocycles. The van der Waals surface area contributed by atoms with E-state index < -0.39 is 6.29 Å². The molecule has 1 aliphatic carbocycles. The molecule has 66 valence electrons. The van der Waals surface area contributed by atoms with E-state index in [9.17, 15) is 0 Å². The van der Waals surface area contributed by atoms with Crippen molar-refractivity contribution in [3.8, 4) is 0 Å². The predicted molar refractivity (Wildman–Crippen MR) is 50.2 cm³/mol. The molecule has 12 heavy (non-hydrogen) atoms. The summed E-state index contributed by atoms with van der Waals surface area (Å²) in [6, 6.07) is 0. The van der Waals surface area contributed by atoms with Gasteiger partial charge in [-0.2, -0.15) is 5.10 Å². The highest BCUT2D eigenvalue weighted by molar-refractivity contribution is 5.63. The first-order chi connectivity index (χ1) is 5.79. The number of hydrazone groups is 1. The number of allylic oxidation sites excluding steroid dienone is 4. The molecule has 0 saturated carbocycles. The van der Waals surface area contributed by atoms with Gasteiger partial charge in [0.05, 0.1) is 0 Å². The van der Waals surface area contributed by atoms with Gasteiger partial charge in [0.15, 0.2) is 0 Å². The van der Waals surface area contributed by atoms with E-state index in [1.165, 1.54) is 0 Å². The topological polar surface area (TPSA) is 76.4 Å². The highest BCUT2D eigenvalue weighted by Gasteiger charge is 2.00. The first kappa shape index (κ1) is 8.96. The van der Waals surface area contributed by atoms with Gasteiger partial charge in [0.25, 0.3) is 0 Å². The van der Waals surface area contributed by atoms with Crippen molar-refractivity contribution in [3.05, 3.63) is 24.3 Å². The number of nitrogens with one attached hydrogen (secondary N) is 1. The zero-order chi connectivity index (χ0) is 8.81. The fourth-order valence-electron chi connectivity index (χ4n) is 0.935. The Labute approximate surface area is 72.0 Å². The molecule has 0 saturated heterocycles. The molecule has 4 heteroatoms. The minimum absolute atomic E-state index is 0.362. The Morgan fingerprint density at radius 2 is 2.33 bits per heavy atom. The monoisotopic (exact) mass is 166 g/mol. The van der Waals surface area contributed by atoms with Gasteiger partial charge in [0, 0.05) is 12.1 Å². The number of nitrogens with zero attached hydrogens (tertiary/aromatic N) is 1. The highest BCUT2D eigenvalue weighted by atomic mass is 15.4. The van der Waals surface area contributed by atoms with Crippen LogP contribution in [-0.2, 0) is 0 Å². The van der Waals surface area contributed by atoms with Crippen molar-refractivity contribution < 1.29 is 0 Å². The quantitative estimate of drug-likeness (QED) is 0.311. The Kier molecular flexibility index (Phi) is 3.50. The maximum Gasteiger partial charge on any atom is 0.142 e. The average Bonchev–Trinajstić information content (AvgIpc) is 2.05. The molecule has 5 N–H and O–H groups in total. The highest BCUT2D eigenvalue weighted by Crippen LogP contribution is 2.07.